The van der Waals surface area contributed by atoms with Gasteiger partial charge in [0.15, 0.2) is 5.76 Å². The molecule has 0 aliphatic rings. The van der Waals surface area contributed by atoms with Crippen LogP contribution in [0.2, 0.25) is 0 Å². The van der Waals surface area contributed by atoms with Crippen molar-refractivity contribution < 1.29 is 9.26 Å². The van der Waals surface area contributed by atoms with Gasteiger partial charge in [0.2, 0.25) is 5.88 Å². The van der Waals surface area contributed by atoms with Gasteiger partial charge in [0.05, 0.1) is 11.3 Å². The summed E-state index contributed by atoms with van der Waals surface area (Å²) in [5.74, 6) is 1.07. The van der Waals surface area contributed by atoms with E-state index in [0.29, 0.717) is 30.2 Å². The second kappa shape index (κ2) is 7.70. The van der Waals surface area contributed by atoms with E-state index >= 15 is 0 Å². The molecule has 0 aliphatic heterocycles. The fourth-order valence-electron chi connectivity index (χ4n) is 2.69. The molecule has 27 heavy (non-hydrogen) atoms. The number of aromatic nitrogens is 3. The number of nitrogens with zero attached hydrogens (tertiary/aromatic N) is 2. The molecule has 0 unspecified atom stereocenters. The molecule has 0 aliphatic carbocycles. The Balaban J connectivity index is 1.40. The van der Waals surface area contributed by atoms with Crippen LogP contribution < -0.4 is 10.3 Å². The molecule has 3 heterocycles. The van der Waals surface area contributed by atoms with Crippen molar-refractivity contribution in [3.63, 3.8) is 0 Å². The van der Waals surface area contributed by atoms with Gasteiger partial charge in [0, 0.05) is 30.9 Å². The lowest BCUT2D eigenvalue weighted by atomic mass is 10.1. The molecule has 0 saturated carbocycles. The third kappa shape index (κ3) is 4.12. The van der Waals surface area contributed by atoms with Crippen LogP contribution in [0.4, 0.5) is 0 Å². The first-order valence-electron chi connectivity index (χ1n) is 8.53. The van der Waals surface area contributed by atoms with Crippen LogP contribution in [0.1, 0.15) is 16.8 Å². The van der Waals surface area contributed by atoms with E-state index in [1.165, 1.54) is 0 Å². The number of benzene rings is 1. The number of nitrogens with one attached hydrogen (secondary N) is 1. The van der Waals surface area contributed by atoms with E-state index < -0.39 is 0 Å². The smallest absolute Gasteiger partial charge is 0.259 e. The molecule has 0 fully saturated rings. The number of H-pyrrole nitrogens is 1. The molecule has 0 bridgehead atoms. The average molecular weight is 359 g/mol. The van der Waals surface area contributed by atoms with Crippen molar-refractivity contribution in [1.29, 1.82) is 0 Å². The largest absolute Gasteiger partial charge is 0.473 e. The van der Waals surface area contributed by atoms with E-state index in [1.54, 1.807) is 30.6 Å². The van der Waals surface area contributed by atoms with Crippen molar-refractivity contribution in [3.8, 4) is 17.2 Å². The van der Waals surface area contributed by atoms with Crippen LogP contribution in [0.3, 0.4) is 0 Å². The highest BCUT2D eigenvalue weighted by Crippen LogP contribution is 2.18. The maximum atomic E-state index is 11.8. The van der Waals surface area contributed by atoms with Crippen molar-refractivity contribution in [1.82, 2.24) is 15.1 Å². The SMILES string of the molecule is O=c1[nH]cccc1-c1cc(Cc2ccc(COc3ccccn3)cc2)no1. The summed E-state index contributed by atoms with van der Waals surface area (Å²) < 4.78 is 11.0. The summed E-state index contributed by atoms with van der Waals surface area (Å²) in [4.78, 5) is 18.6. The summed E-state index contributed by atoms with van der Waals surface area (Å²) in [6.07, 6.45) is 3.91. The van der Waals surface area contributed by atoms with Crippen LogP contribution >= 0.6 is 0 Å². The fourth-order valence-corrected chi connectivity index (χ4v) is 2.69. The number of aromatic amines is 1. The lowest BCUT2D eigenvalue weighted by Gasteiger charge is -2.05. The number of rotatable bonds is 6. The van der Waals surface area contributed by atoms with Gasteiger partial charge < -0.3 is 14.2 Å². The van der Waals surface area contributed by atoms with Gasteiger partial charge in [-0.25, -0.2) is 4.98 Å². The maximum Gasteiger partial charge on any atom is 0.259 e. The standard InChI is InChI=1S/C21H17N3O3/c25-21-18(4-3-11-23-21)19-13-17(24-27-19)12-15-6-8-16(9-7-15)14-26-20-5-1-2-10-22-20/h1-11,13H,12,14H2,(H,23,25). The molecule has 0 atom stereocenters. The van der Waals surface area contributed by atoms with Crippen LogP contribution in [0, 0.1) is 0 Å². The van der Waals surface area contributed by atoms with Crippen LogP contribution in [0.25, 0.3) is 11.3 Å². The molecule has 4 aromatic rings. The van der Waals surface area contributed by atoms with Crippen molar-refractivity contribution in [2.24, 2.45) is 0 Å². The van der Waals surface area contributed by atoms with Gasteiger partial charge >= 0.3 is 0 Å². The third-order valence-electron chi connectivity index (χ3n) is 4.08. The maximum absolute atomic E-state index is 11.8. The Morgan fingerprint density at radius 1 is 1.00 bits per heavy atom. The summed E-state index contributed by atoms with van der Waals surface area (Å²) >= 11 is 0. The molecule has 6 heteroatoms. The van der Waals surface area contributed by atoms with Crippen LogP contribution in [-0.2, 0) is 13.0 Å². The van der Waals surface area contributed by atoms with E-state index in [4.69, 9.17) is 9.26 Å². The monoisotopic (exact) mass is 359 g/mol. The topological polar surface area (TPSA) is 81.0 Å². The summed E-state index contributed by atoms with van der Waals surface area (Å²) in [6.45, 7) is 0.461. The lowest BCUT2D eigenvalue weighted by molar-refractivity contribution is 0.294. The first kappa shape index (κ1) is 16.8. The molecule has 4 rings (SSSR count). The number of pyridine rings is 2. The second-order valence-corrected chi connectivity index (χ2v) is 6.05. The number of ether oxygens (including phenoxy) is 1. The molecule has 0 amide bonds. The van der Waals surface area contributed by atoms with Crippen molar-refractivity contribution in [2.45, 2.75) is 13.0 Å². The number of hydrogen-bond donors (Lipinski definition) is 1. The van der Waals surface area contributed by atoms with E-state index in [9.17, 15) is 4.79 Å². The van der Waals surface area contributed by atoms with E-state index in [0.717, 1.165) is 16.8 Å². The summed E-state index contributed by atoms with van der Waals surface area (Å²) in [6, 6.07) is 18.9. The van der Waals surface area contributed by atoms with Gasteiger partial charge in [-0.05, 0) is 29.3 Å². The first-order valence-corrected chi connectivity index (χ1v) is 8.53. The van der Waals surface area contributed by atoms with Gasteiger partial charge in [-0.1, -0.05) is 35.5 Å². The molecule has 0 spiro atoms. The Morgan fingerprint density at radius 2 is 1.85 bits per heavy atom. The Hall–Kier alpha value is -3.67. The normalized spacial score (nSPS) is 10.7. The minimum absolute atomic E-state index is 0.197. The zero-order chi connectivity index (χ0) is 18.5. The molecule has 1 N–H and O–H groups in total. The highest BCUT2D eigenvalue weighted by atomic mass is 16.5. The highest BCUT2D eigenvalue weighted by Gasteiger charge is 2.10. The summed E-state index contributed by atoms with van der Waals surface area (Å²) in [7, 11) is 0. The zero-order valence-corrected chi connectivity index (χ0v) is 14.5. The van der Waals surface area contributed by atoms with Gasteiger partial charge in [0.1, 0.15) is 6.61 Å². The fraction of sp³-hybridized carbons (Fsp3) is 0.0952. The Morgan fingerprint density at radius 3 is 2.63 bits per heavy atom. The van der Waals surface area contributed by atoms with E-state index in [1.807, 2.05) is 42.5 Å². The Kier molecular flexibility index (Phi) is 4.78. The van der Waals surface area contributed by atoms with Crippen molar-refractivity contribution in [2.75, 3.05) is 0 Å². The zero-order valence-electron chi connectivity index (χ0n) is 14.5. The Labute approximate surface area is 155 Å². The molecule has 0 saturated heterocycles. The first-order chi connectivity index (χ1) is 13.3. The second-order valence-electron chi connectivity index (χ2n) is 6.05. The predicted molar refractivity (Wildman–Crippen MR) is 100 cm³/mol. The van der Waals surface area contributed by atoms with Crippen LogP contribution in [0.15, 0.2) is 82.4 Å². The van der Waals surface area contributed by atoms with Crippen LogP contribution in [0.5, 0.6) is 5.88 Å². The van der Waals surface area contributed by atoms with Gasteiger partial charge in [-0.3, -0.25) is 4.79 Å². The summed E-state index contributed by atoms with van der Waals surface area (Å²) in [5.41, 5.74) is 3.20. The predicted octanol–water partition coefficient (Wildman–Crippen LogP) is 3.59. The molecule has 3 aromatic heterocycles. The molecule has 0 radical (unpaired) electrons. The quantitative estimate of drug-likeness (QED) is 0.569. The van der Waals surface area contributed by atoms with Gasteiger partial charge in [0.25, 0.3) is 5.56 Å². The summed E-state index contributed by atoms with van der Waals surface area (Å²) in [5, 5.41) is 4.07. The van der Waals surface area contributed by atoms with Gasteiger partial charge in [-0.15, -0.1) is 0 Å². The minimum Gasteiger partial charge on any atom is -0.473 e. The Bertz CT molecular complexity index is 1070. The number of hydrogen-bond acceptors (Lipinski definition) is 5. The van der Waals surface area contributed by atoms with Crippen LogP contribution in [-0.4, -0.2) is 15.1 Å². The minimum atomic E-state index is -0.197. The van der Waals surface area contributed by atoms with Crippen molar-refractivity contribution >= 4 is 0 Å². The average Bonchev–Trinajstić information content (AvgIpc) is 3.17. The van der Waals surface area contributed by atoms with E-state index in [2.05, 4.69) is 15.1 Å². The molecule has 1 aromatic carbocycles. The van der Waals surface area contributed by atoms with Gasteiger partial charge in [-0.2, -0.15) is 0 Å². The lowest BCUT2D eigenvalue weighted by Crippen LogP contribution is -2.06. The van der Waals surface area contributed by atoms with Crippen molar-refractivity contribution in [3.05, 3.63) is 100 Å². The molecule has 6 nitrogen and oxygen atoms in total. The highest BCUT2D eigenvalue weighted by molar-refractivity contribution is 5.55. The third-order valence-corrected chi connectivity index (χ3v) is 4.08. The van der Waals surface area contributed by atoms with E-state index in [-0.39, 0.29) is 5.56 Å². The molecular weight excluding hydrogens is 342 g/mol. The molecular formula is C21H17N3O3. The molecule has 134 valence electrons.